The molecule has 0 fully saturated rings. The Morgan fingerprint density at radius 1 is 1.00 bits per heavy atom. The molecule has 3 aliphatic rings. The van der Waals surface area contributed by atoms with Gasteiger partial charge in [0.1, 0.15) is 12.4 Å². The summed E-state index contributed by atoms with van der Waals surface area (Å²) in [6, 6.07) is 17.1. The van der Waals surface area contributed by atoms with Gasteiger partial charge in [0.25, 0.3) is 0 Å². The van der Waals surface area contributed by atoms with E-state index in [1.807, 2.05) is 30.6 Å². The van der Waals surface area contributed by atoms with Crippen molar-refractivity contribution >= 4 is 34.5 Å². The number of aromatic nitrogens is 1. The monoisotopic (exact) mass is 557 g/mol. The summed E-state index contributed by atoms with van der Waals surface area (Å²) in [6.45, 7) is 5.62. The van der Waals surface area contributed by atoms with Crippen molar-refractivity contribution in [2.45, 2.75) is 45.1 Å². The molecule has 0 unspecified atom stereocenters. The second-order valence-corrected chi connectivity index (χ2v) is 11.6. The van der Waals surface area contributed by atoms with E-state index >= 15 is 0 Å². The summed E-state index contributed by atoms with van der Waals surface area (Å²) in [5, 5.41) is 8.90. The SMILES string of the molecule is C=C1CCc2ccc(C3=CN(C/C4=C/C=CC/C=C\C4)N=CC3)cc2/C(OCc2ccccn2)=C(/c2cccs2)C1. The standard InChI is InChI=1S/C36H35N3OS/c1-27-14-15-29-16-17-30(31-18-20-38-39(25-31)24-28-10-5-3-2-4-6-11-28)23-33(29)36(34(22-27)35-13-9-21-41-35)40-26-32-12-7-8-19-37-32/h3-10,12-13,16-17,19-21,23,25H,1-2,11,14-15,18,22,24,26H2/b5-3?,6-4-,28-10+,36-34-. The predicted molar refractivity (Wildman–Crippen MR) is 172 cm³/mol. The highest BCUT2D eigenvalue weighted by molar-refractivity contribution is 7.11. The third kappa shape index (κ3) is 6.75. The molecule has 2 aliphatic carbocycles. The number of nitrogens with zero attached hydrogens (tertiary/aromatic N) is 3. The molecule has 0 N–H and O–H groups in total. The van der Waals surface area contributed by atoms with Crippen LogP contribution in [0.5, 0.6) is 0 Å². The number of thiophene rings is 1. The van der Waals surface area contributed by atoms with E-state index in [2.05, 4.69) is 88.9 Å². The molecule has 0 saturated heterocycles. The van der Waals surface area contributed by atoms with Gasteiger partial charge in [0.15, 0.2) is 0 Å². The first-order chi connectivity index (χ1) is 20.2. The molecule has 0 bridgehead atoms. The minimum atomic E-state index is 0.419. The Labute approximate surface area is 247 Å². The van der Waals surface area contributed by atoms with Gasteiger partial charge in [-0.2, -0.15) is 5.10 Å². The Kier molecular flexibility index (Phi) is 8.53. The fraction of sp³-hybridized carbons (Fsp3) is 0.222. The van der Waals surface area contributed by atoms with Gasteiger partial charge in [0.05, 0.1) is 12.2 Å². The summed E-state index contributed by atoms with van der Waals surface area (Å²) in [5.41, 5.74) is 9.62. The zero-order valence-corrected chi connectivity index (χ0v) is 24.2. The molecule has 5 heteroatoms. The molecule has 0 spiro atoms. The quantitative estimate of drug-likeness (QED) is 0.272. The maximum Gasteiger partial charge on any atom is 0.132 e. The number of hydrogen-bond donors (Lipinski definition) is 0. The summed E-state index contributed by atoms with van der Waals surface area (Å²) in [5.74, 6) is 0.941. The number of fused-ring (bicyclic) bond motifs is 1. The van der Waals surface area contributed by atoms with Gasteiger partial charge in [-0.1, -0.05) is 66.8 Å². The number of pyridine rings is 1. The van der Waals surface area contributed by atoms with Crippen LogP contribution in [0, 0.1) is 0 Å². The lowest BCUT2D eigenvalue weighted by Gasteiger charge is -2.25. The lowest BCUT2D eigenvalue weighted by molar-refractivity contribution is 0.260. The van der Waals surface area contributed by atoms with Gasteiger partial charge in [0.2, 0.25) is 0 Å². The molecule has 206 valence electrons. The van der Waals surface area contributed by atoms with E-state index in [0.29, 0.717) is 6.61 Å². The highest BCUT2D eigenvalue weighted by Gasteiger charge is 2.23. The van der Waals surface area contributed by atoms with E-state index in [9.17, 15) is 0 Å². The van der Waals surface area contributed by atoms with E-state index in [0.717, 1.165) is 56.5 Å². The minimum Gasteiger partial charge on any atom is -0.486 e. The number of benzene rings is 1. The van der Waals surface area contributed by atoms with Gasteiger partial charge in [-0.3, -0.25) is 9.99 Å². The summed E-state index contributed by atoms with van der Waals surface area (Å²) in [6.07, 6.45) is 22.6. The fourth-order valence-corrected chi connectivity index (χ4v) is 6.18. The van der Waals surface area contributed by atoms with Crippen LogP contribution in [0.4, 0.5) is 0 Å². The number of rotatable bonds is 7. The summed E-state index contributed by atoms with van der Waals surface area (Å²) in [4.78, 5) is 5.75. The van der Waals surface area contributed by atoms with Crippen molar-refractivity contribution < 1.29 is 4.74 Å². The third-order valence-electron chi connectivity index (χ3n) is 7.58. The van der Waals surface area contributed by atoms with Crippen LogP contribution in [0.2, 0.25) is 0 Å². The fourth-order valence-electron chi connectivity index (χ4n) is 5.42. The van der Waals surface area contributed by atoms with Crippen LogP contribution in [0.15, 0.2) is 120 Å². The summed E-state index contributed by atoms with van der Waals surface area (Å²) < 4.78 is 6.71. The molecule has 1 aliphatic heterocycles. The van der Waals surface area contributed by atoms with Gasteiger partial charge < -0.3 is 4.74 Å². The number of allylic oxidation sites excluding steroid dienone is 8. The Morgan fingerprint density at radius 3 is 2.85 bits per heavy atom. The average molecular weight is 558 g/mol. The first-order valence-corrected chi connectivity index (χ1v) is 15.2. The summed E-state index contributed by atoms with van der Waals surface area (Å²) in [7, 11) is 0. The van der Waals surface area contributed by atoms with E-state index < -0.39 is 0 Å². The van der Waals surface area contributed by atoms with Crippen molar-refractivity contribution in [2.75, 3.05) is 6.54 Å². The molecule has 0 amide bonds. The lowest BCUT2D eigenvalue weighted by Crippen LogP contribution is -2.17. The van der Waals surface area contributed by atoms with Crippen LogP contribution in [0.25, 0.3) is 16.9 Å². The van der Waals surface area contributed by atoms with Crippen molar-refractivity contribution in [1.29, 1.82) is 0 Å². The zero-order chi connectivity index (χ0) is 27.9. The number of hydrazone groups is 1. The van der Waals surface area contributed by atoms with Crippen LogP contribution in [0.1, 0.15) is 59.4 Å². The van der Waals surface area contributed by atoms with Crippen LogP contribution in [-0.2, 0) is 17.8 Å². The molecule has 4 nitrogen and oxygen atoms in total. The first kappa shape index (κ1) is 27.0. The van der Waals surface area contributed by atoms with Gasteiger partial charge in [-0.05, 0) is 84.0 Å². The second kappa shape index (κ2) is 13.0. The molecule has 2 aromatic heterocycles. The molecular formula is C36H35N3OS. The van der Waals surface area contributed by atoms with Gasteiger partial charge >= 0.3 is 0 Å². The normalized spacial score (nSPS) is 21.1. The topological polar surface area (TPSA) is 37.7 Å². The molecule has 3 heterocycles. The van der Waals surface area contributed by atoms with Crippen LogP contribution in [-0.4, -0.2) is 22.8 Å². The highest BCUT2D eigenvalue weighted by atomic mass is 32.1. The minimum absolute atomic E-state index is 0.419. The van der Waals surface area contributed by atoms with Crippen LogP contribution >= 0.6 is 11.3 Å². The number of ether oxygens (including phenoxy) is 1. The predicted octanol–water partition coefficient (Wildman–Crippen LogP) is 8.99. The van der Waals surface area contributed by atoms with E-state index in [1.54, 1.807) is 11.3 Å². The Bertz CT molecular complexity index is 1570. The molecule has 0 saturated carbocycles. The van der Waals surface area contributed by atoms with E-state index in [4.69, 9.17) is 9.84 Å². The lowest BCUT2D eigenvalue weighted by atomic mass is 9.87. The largest absolute Gasteiger partial charge is 0.486 e. The molecule has 0 atom stereocenters. The van der Waals surface area contributed by atoms with E-state index in [-0.39, 0.29) is 0 Å². The molecule has 6 rings (SSSR count). The van der Waals surface area contributed by atoms with Gasteiger partial charge in [-0.25, -0.2) is 0 Å². The van der Waals surface area contributed by atoms with Crippen molar-refractivity contribution in [3.8, 4) is 0 Å². The highest BCUT2D eigenvalue weighted by Crippen LogP contribution is 2.40. The van der Waals surface area contributed by atoms with Gasteiger partial charge in [-0.15, -0.1) is 11.3 Å². The van der Waals surface area contributed by atoms with Gasteiger partial charge in [0, 0.05) is 41.0 Å². The number of hydrogen-bond acceptors (Lipinski definition) is 5. The van der Waals surface area contributed by atoms with Crippen LogP contribution in [0.3, 0.4) is 0 Å². The molecule has 0 radical (unpaired) electrons. The average Bonchev–Trinajstić information content (AvgIpc) is 3.52. The maximum absolute atomic E-state index is 6.71. The van der Waals surface area contributed by atoms with E-state index in [1.165, 1.54) is 43.9 Å². The van der Waals surface area contributed by atoms with Crippen molar-refractivity contribution in [1.82, 2.24) is 9.99 Å². The summed E-state index contributed by atoms with van der Waals surface area (Å²) >= 11 is 1.75. The maximum atomic E-state index is 6.71. The second-order valence-electron chi connectivity index (χ2n) is 10.6. The zero-order valence-electron chi connectivity index (χ0n) is 23.3. The number of aryl methyl sites for hydroxylation is 1. The first-order valence-electron chi connectivity index (χ1n) is 14.3. The Morgan fingerprint density at radius 2 is 1.98 bits per heavy atom. The van der Waals surface area contributed by atoms with Crippen molar-refractivity contribution in [3.63, 3.8) is 0 Å². The van der Waals surface area contributed by atoms with Crippen molar-refractivity contribution in [3.05, 3.63) is 142 Å². The van der Waals surface area contributed by atoms with Crippen LogP contribution < -0.4 is 0 Å². The molecule has 41 heavy (non-hydrogen) atoms. The Hall–Kier alpha value is -4.22. The smallest absolute Gasteiger partial charge is 0.132 e. The Balaban J connectivity index is 1.37. The molecular weight excluding hydrogens is 522 g/mol. The van der Waals surface area contributed by atoms with Crippen molar-refractivity contribution in [2.24, 2.45) is 5.10 Å². The third-order valence-corrected chi connectivity index (χ3v) is 8.51. The molecule has 3 aromatic rings. The molecule has 1 aromatic carbocycles.